The van der Waals surface area contributed by atoms with Gasteiger partial charge in [0.25, 0.3) is 5.69 Å². The van der Waals surface area contributed by atoms with Gasteiger partial charge in [-0.25, -0.2) is 4.79 Å². The molecule has 2 aromatic rings. The summed E-state index contributed by atoms with van der Waals surface area (Å²) in [6.07, 6.45) is -0.488. The lowest BCUT2D eigenvalue weighted by molar-refractivity contribution is -0.384. The molecule has 0 fully saturated rings. The van der Waals surface area contributed by atoms with E-state index in [4.69, 9.17) is 14.2 Å². The molecule has 0 saturated heterocycles. The highest BCUT2D eigenvalue weighted by Crippen LogP contribution is 2.25. The fourth-order valence-corrected chi connectivity index (χ4v) is 2.63. The van der Waals surface area contributed by atoms with Crippen LogP contribution in [0.3, 0.4) is 0 Å². The number of hydrogen-bond acceptors (Lipinski definition) is 6. The molecular weight excluding hydrogens is 376 g/mol. The molecule has 1 amide bonds. The Labute approximate surface area is 170 Å². The molecule has 0 spiro atoms. The number of amides is 1. The van der Waals surface area contributed by atoms with Crippen molar-refractivity contribution in [2.75, 3.05) is 14.2 Å². The van der Waals surface area contributed by atoms with Gasteiger partial charge in [-0.15, -0.1) is 0 Å². The van der Waals surface area contributed by atoms with Crippen LogP contribution in [-0.4, -0.2) is 35.7 Å². The third kappa shape index (κ3) is 6.67. The standard InChI is InChI=1S/C21H26N2O6/c1-21(2,3)29-20(24)22(13-15-6-8-17(9-7-15)23(25)26)14-16-10-18(27-4)12-19(11-16)28-5/h6-12H,13-14H2,1-5H3. The van der Waals surface area contributed by atoms with Crippen molar-refractivity contribution in [2.24, 2.45) is 0 Å². The highest BCUT2D eigenvalue weighted by atomic mass is 16.6. The topological polar surface area (TPSA) is 91.1 Å². The highest BCUT2D eigenvalue weighted by Gasteiger charge is 2.23. The van der Waals surface area contributed by atoms with E-state index in [1.807, 2.05) is 12.1 Å². The van der Waals surface area contributed by atoms with Gasteiger partial charge < -0.3 is 14.2 Å². The lowest BCUT2D eigenvalue weighted by Crippen LogP contribution is -2.36. The first-order chi connectivity index (χ1) is 13.6. The molecule has 2 aromatic carbocycles. The van der Waals surface area contributed by atoms with Crippen LogP contribution in [0.5, 0.6) is 11.5 Å². The molecule has 8 nitrogen and oxygen atoms in total. The van der Waals surface area contributed by atoms with Crippen molar-refractivity contribution in [3.63, 3.8) is 0 Å². The van der Waals surface area contributed by atoms with E-state index in [0.29, 0.717) is 11.5 Å². The zero-order valence-electron chi connectivity index (χ0n) is 17.3. The summed E-state index contributed by atoms with van der Waals surface area (Å²) >= 11 is 0. The van der Waals surface area contributed by atoms with E-state index in [0.717, 1.165) is 11.1 Å². The second-order valence-corrected chi connectivity index (χ2v) is 7.48. The Morgan fingerprint density at radius 2 is 1.48 bits per heavy atom. The van der Waals surface area contributed by atoms with Crippen molar-refractivity contribution in [3.8, 4) is 11.5 Å². The average molecular weight is 402 g/mol. The second kappa shape index (κ2) is 9.27. The van der Waals surface area contributed by atoms with Gasteiger partial charge in [-0.05, 0) is 44.0 Å². The van der Waals surface area contributed by atoms with Gasteiger partial charge in [-0.1, -0.05) is 12.1 Å². The lowest BCUT2D eigenvalue weighted by Gasteiger charge is -2.28. The van der Waals surface area contributed by atoms with Crippen LogP contribution in [0.4, 0.5) is 10.5 Å². The van der Waals surface area contributed by atoms with Crippen molar-refractivity contribution in [1.82, 2.24) is 4.90 Å². The van der Waals surface area contributed by atoms with Crippen molar-refractivity contribution in [2.45, 2.75) is 39.5 Å². The molecule has 0 saturated carbocycles. The molecule has 29 heavy (non-hydrogen) atoms. The van der Waals surface area contributed by atoms with Gasteiger partial charge in [0, 0.05) is 31.3 Å². The summed E-state index contributed by atoms with van der Waals surface area (Å²) < 4.78 is 16.1. The van der Waals surface area contributed by atoms with Crippen LogP contribution in [0.2, 0.25) is 0 Å². The maximum atomic E-state index is 12.8. The van der Waals surface area contributed by atoms with Gasteiger partial charge in [0.15, 0.2) is 0 Å². The first-order valence-electron chi connectivity index (χ1n) is 9.04. The molecule has 0 unspecified atom stereocenters. The molecule has 0 bridgehead atoms. The van der Waals surface area contributed by atoms with E-state index in [9.17, 15) is 14.9 Å². The minimum Gasteiger partial charge on any atom is -0.497 e. The smallest absolute Gasteiger partial charge is 0.410 e. The third-order valence-electron chi connectivity index (χ3n) is 3.96. The first-order valence-corrected chi connectivity index (χ1v) is 9.04. The van der Waals surface area contributed by atoms with Gasteiger partial charge >= 0.3 is 6.09 Å². The average Bonchev–Trinajstić information content (AvgIpc) is 2.66. The molecule has 0 aliphatic rings. The number of hydrogen-bond donors (Lipinski definition) is 0. The van der Waals surface area contributed by atoms with E-state index < -0.39 is 16.6 Å². The van der Waals surface area contributed by atoms with E-state index in [2.05, 4.69) is 0 Å². The van der Waals surface area contributed by atoms with Gasteiger partial charge in [0.1, 0.15) is 17.1 Å². The zero-order chi connectivity index (χ0) is 21.6. The van der Waals surface area contributed by atoms with Crippen LogP contribution in [0, 0.1) is 10.1 Å². The molecule has 0 atom stereocenters. The summed E-state index contributed by atoms with van der Waals surface area (Å²) in [5, 5.41) is 10.9. The number of rotatable bonds is 7. The number of methoxy groups -OCH3 is 2. The van der Waals surface area contributed by atoms with Crippen molar-refractivity contribution in [3.05, 3.63) is 63.7 Å². The Morgan fingerprint density at radius 3 is 1.93 bits per heavy atom. The Kier molecular flexibility index (Phi) is 7.03. The van der Waals surface area contributed by atoms with Crippen molar-refractivity contribution in [1.29, 1.82) is 0 Å². The maximum Gasteiger partial charge on any atom is 0.410 e. The van der Waals surface area contributed by atoms with Crippen LogP contribution in [0.25, 0.3) is 0 Å². The summed E-state index contributed by atoms with van der Waals surface area (Å²) in [6, 6.07) is 11.5. The third-order valence-corrected chi connectivity index (χ3v) is 3.96. The van der Waals surface area contributed by atoms with Crippen LogP contribution >= 0.6 is 0 Å². The normalized spacial score (nSPS) is 10.9. The number of nitro groups is 1. The van der Waals surface area contributed by atoms with Crippen LogP contribution in [0.1, 0.15) is 31.9 Å². The Bertz CT molecular complexity index is 836. The van der Waals surface area contributed by atoms with E-state index in [-0.39, 0.29) is 18.8 Å². The molecule has 156 valence electrons. The van der Waals surface area contributed by atoms with Crippen LogP contribution in [-0.2, 0) is 17.8 Å². The summed E-state index contributed by atoms with van der Waals surface area (Å²) in [5.41, 5.74) is 0.886. The number of carbonyl (C=O) groups is 1. The fraction of sp³-hybridized carbons (Fsp3) is 0.381. The van der Waals surface area contributed by atoms with Crippen LogP contribution < -0.4 is 9.47 Å². The number of nitrogens with zero attached hydrogens (tertiary/aromatic N) is 2. The van der Waals surface area contributed by atoms with Crippen molar-refractivity contribution < 1.29 is 23.9 Å². The fourth-order valence-electron chi connectivity index (χ4n) is 2.63. The molecule has 0 N–H and O–H groups in total. The monoisotopic (exact) mass is 402 g/mol. The summed E-state index contributed by atoms with van der Waals surface area (Å²) in [5.74, 6) is 1.22. The van der Waals surface area contributed by atoms with Gasteiger partial charge in [-0.3, -0.25) is 15.0 Å². The molecule has 0 radical (unpaired) electrons. The Morgan fingerprint density at radius 1 is 0.966 bits per heavy atom. The van der Waals surface area contributed by atoms with E-state index in [1.54, 1.807) is 53.2 Å². The number of carbonyl (C=O) groups excluding carboxylic acids is 1. The Balaban J connectivity index is 2.29. The maximum absolute atomic E-state index is 12.8. The second-order valence-electron chi connectivity index (χ2n) is 7.48. The highest BCUT2D eigenvalue weighted by molar-refractivity contribution is 5.68. The molecular formula is C21H26N2O6. The quantitative estimate of drug-likeness (QED) is 0.498. The molecule has 0 aromatic heterocycles. The lowest BCUT2D eigenvalue weighted by atomic mass is 10.1. The number of benzene rings is 2. The predicted molar refractivity (Wildman–Crippen MR) is 108 cm³/mol. The van der Waals surface area contributed by atoms with Gasteiger partial charge in [-0.2, -0.15) is 0 Å². The molecule has 0 aliphatic heterocycles. The minimum absolute atomic E-state index is 0.00454. The van der Waals surface area contributed by atoms with Crippen molar-refractivity contribution >= 4 is 11.8 Å². The molecule has 0 aliphatic carbocycles. The Hall–Kier alpha value is -3.29. The zero-order valence-corrected chi connectivity index (χ0v) is 17.3. The predicted octanol–water partition coefficient (Wildman–Crippen LogP) is 4.55. The number of ether oxygens (including phenoxy) is 3. The number of non-ortho nitro benzene ring substituents is 1. The summed E-state index contributed by atoms with van der Waals surface area (Å²) in [4.78, 5) is 24.7. The summed E-state index contributed by atoms with van der Waals surface area (Å²) in [7, 11) is 3.11. The summed E-state index contributed by atoms with van der Waals surface area (Å²) in [6.45, 7) is 5.86. The molecule has 8 heteroatoms. The SMILES string of the molecule is COc1cc(CN(Cc2ccc([N+](=O)[O-])cc2)C(=O)OC(C)(C)C)cc(OC)c1. The molecule has 0 heterocycles. The minimum atomic E-state index is -0.656. The van der Waals surface area contributed by atoms with Crippen LogP contribution in [0.15, 0.2) is 42.5 Å². The van der Waals surface area contributed by atoms with E-state index >= 15 is 0 Å². The van der Waals surface area contributed by atoms with Gasteiger partial charge in [0.2, 0.25) is 0 Å². The van der Waals surface area contributed by atoms with Gasteiger partial charge in [0.05, 0.1) is 19.1 Å². The molecule has 2 rings (SSSR count). The largest absolute Gasteiger partial charge is 0.497 e. The first kappa shape index (κ1) is 22.0. The number of nitro benzene ring substituents is 1. The van der Waals surface area contributed by atoms with E-state index in [1.165, 1.54) is 17.0 Å².